The molecule has 2 aromatic carbocycles. The maximum Gasteiger partial charge on any atom is 0.233 e. The molecule has 1 unspecified atom stereocenters. The van der Waals surface area contributed by atoms with Gasteiger partial charge in [-0.3, -0.25) is 4.79 Å². The van der Waals surface area contributed by atoms with E-state index in [9.17, 15) is 9.90 Å². The number of hydrogen-bond donors (Lipinski definition) is 1. The van der Waals surface area contributed by atoms with Crippen molar-refractivity contribution in [2.45, 2.75) is 90.0 Å². The Morgan fingerprint density at radius 1 is 1.10 bits per heavy atom. The number of aromatic hydroxyl groups is 1. The summed E-state index contributed by atoms with van der Waals surface area (Å²) in [5, 5.41) is 11.1. The Balaban J connectivity index is 1.35. The number of thioether (sulfide) groups is 1. The van der Waals surface area contributed by atoms with E-state index in [4.69, 9.17) is 9.47 Å². The topological polar surface area (TPSA) is 62.2 Å². The summed E-state index contributed by atoms with van der Waals surface area (Å²) >= 11 is 1.69. The number of nitrogens with zero attached hydrogens (tertiary/aromatic N) is 2. The standard InChI is InChI=1S/C33H48N2O4S/c1-31(2,3)24-18-23(19-25(28(24)37)32(4,5)6)30-35(27(36)21-40-30)15-11-14-34(9)16-17-38-26-13-10-12-22-20-33(7,8)39-29(22)26/h10,12-13,18-19,30,37H,11,14-17,20-21H2,1-9H3. The molecule has 0 radical (unpaired) electrons. The molecule has 7 heteroatoms. The molecule has 1 atom stereocenters. The molecule has 1 saturated heterocycles. The van der Waals surface area contributed by atoms with Gasteiger partial charge in [0.2, 0.25) is 5.91 Å². The number of hydrogen-bond acceptors (Lipinski definition) is 6. The molecule has 4 rings (SSSR count). The average molecular weight is 569 g/mol. The van der Waals surface area contributed by atoms with Crippen LogP contribution in [0.4, 0.5) is 0 Å². The largest absolute Gasteiger partial charge is 0.507 e. The molecule has 1 N–H and O–H groups in total. The second-order valence-electron chi connectivity index (χ2n) is 14.0. The third-order valence-corrected chi connectivity index (χ3v) is 8.98. The van der Waals surface area contributed by atoms with Gasteiger partial charge in [0.15, 0.2) is 11.5 Å². The van der Waals surface area contributed by atoms with Gasteiger partial charge in [0.25, 0.3) is 0 Å². The van der Waals surface area contributed by atoms with Gasteiger partial charge in [0, 0.05) is 25.1 Å². The van der Waals surface area contributed by atoms with Crippen molar-refractivity contribution in [2.24, 2.45) is 0 Å². The number of fused-ring (bicyclic) bond motifs is 1. The highest BCUT2D eigenvalue weighted by molar-refractivity contribution is 8.00. The van der Waals surface area contributed by atoms with E-state index in [1.54, 1.807) is 11.8 Å². The average Bonchev–Trinajstić information content (AvgIpc) is 3.36. The fourth-order valence-corrected chi connectivity index (χ4v) is 6.75. The number of ether oxygens (including phenoxy) is 2. The summed E-state index contributed by atoms with van der Waals surface area (Å²) in [6.45, 7) is 19.9. The van der Waals surface area contributed by atoms with Crippen LogP contribution in [0.15, 0.2) is 30.3 Å². The second kappa shape index (κ2) is 11.5. The first kappa shape index (κ1) is 30.6. The number of carbonyl (C=O) groups excluding carboxylic acids is 1. The fraction of sp³-hybridized carbons (Fsp3) is 0.606. The van der Waals surface area contributed by atoms with E-state index in [1.807, 2.05) is 17.0 Å². The van der Waals surface area contributed by atoms with Crippen molar-refractivity contribution in [3.63, 3.8) is 0 Å². The van der Waals surface area contributed by atoms with Crippen LogP contribution in [0.1, 0.15) is 89.4 Å². The van der Waals surface area contributed by atoms with E-state index in [0.717, 1.165) is 54.1 Å². The molecule has 0 aliphatic carbocycles. The van der Waals surface area contributed by atoms with Crippen LogP contribution in [-0.2, 0) is 22.0 Å². The van der Waals surface area contributed by atoms with E-state index in [1.165, 1.54) is 5.56 Å². The van der Waals surface area contributed by atoms with Crippen LogP contribution in [0.2, 0.25) is 0 Å². The first-order valence-electron chi connectivity index (χ1n) is 14.5. The number of benzene rings is 2. The molecule has 0 spiro atoms. The summed E-state index contributed by atoms with van der Waals surface area (Å²) in [6, 6.07) is 10.4. The number of amides is 1. The lowest BCUT2D eigenvalue weighted by molar-refractivity contribution is -0.128. The van der Waals surface area contributed by atoms with Crippen molar-refractivity contribution in [2.75, 3.05) is 39.0 Å². The SMILES string of the molecule is CN(CCCN1C(=O)CSC1c1cc(C(C)(C)C)c(O)c(C(C)(C)C)c1)CCOc1cccc2c1OC(C)(C)C2. The Morgan fingerprint density at radius 3 is 2.38 bits per heavy atom. The Labute approximate surface area is 245 Å². The summed E-state index contributed by atoms with van der Waals surface area (Å²) in [7, 11) is 2.10. The second-order valence-corrected chi connectivity index (χ2v) is 15.1. The highest BCUT2D eigenvalue weighted by Gasteiger charge is 2.36. The summed E-state index contributed by atoms with van der Waals surface area (Å²) in [5.41, 5.74) is 3.59. The van der Waals surface area contributed by atoms with E-state index in [-0.39, 0.29) is 27.7 Å². The molecule has 40 heavy (non-hydrogen) atoms. The first-order valence-corrected chi connectivity index (χ1v) is 15.5. The molecule has 2 heterocycles. The summed E-state index contributed by atoms with van der Waals surface area (Å²) in [6.07, 6.45) is 1.78. The van der Waals surface area contributed by atoms with Crippen LogP contribution in [0.5, 0.6) is 17.2 Å². The molecule has 0 saturated carbocycles. The predicted molar refractivity (Wildman–Crippen MR) is 165 cm³/mol. The van der Waals surface area contributed by atoms with Gasteiger partial charge in [-0.1, -0.05) is 53.7 Å². The van der Waals surface area contributed by atoms with E-state index >= 15 is 0 Å². The number of para-hydroxylation sites is 1. The minimum absolute atomic E-state index is 0.0339. The molecule has 2 aliphatic heterocycles. The third kappa shape index (κ3) is 6.91. The number of phenolic OH excluding ortho intramolecular Hbond substituents is 1. The monoisotopic (exact) mass is 568 g/mol. The van der Waals surface area contributed by atoms with E-state index in [2.05, 4.69) is 85.5 Å². The van der Waals surface area contributed by atoms with Gasteiger partial charge in [-0.15, -0.1) is 11.8 Å². The highest BCUT2D eigenvalue weighted by atomic mass is 32.2. The lowest BCUT2D eigenvalue weighted by Crippen LogP contribution is -2.33. The zero-order valence-electron chi connectivity index (χ0n) is 25.9. The fourth-order valence-electron chi connectivity index (χ4n) is 5.55. The quantitative estimate of drug-likeness (QED) is 0.364. The maximum absolute atomic E-state index is 12.9. The maximum atomic E-state index is 12.9. The first-order chi connectivity index (χ1) is 18.6. The van der Waals surface area contributed by atoms with Crippen molar-refractivity contribution in [1.29, 1.82) is 0 Å². The van der Waals surface area contributed by atoms with Gasteiger partial charge in [-0.2, -0.15) is 0 Å². The van der Waals surface area contributed by atoms with Crippen LogP contribution in [-0.4, -0.2) is 65.5 Å². The van der Waals surface area contributed by atoms with Gasteiger partial charge < -0.3 is 24.4 Å². The number of likely N-dealkylation sites (N-methyl/N-ethyl adjacent to an activating group) is 1. The predicted octanol–water partition coefficient (Wildman–Crippen LogP) is 6.68. The molecular formula is C33H48N2O4S. The molecule has 1 fully saturated rings. The zero-order valence-corrected chi connectivity index (χ0v) is 26.7. The summed E-state index contributed by atoms with van der Waals surface area (Å²) in [4.78, 5) is 17.2. The molecule has 220 valence electrons. The number of carbonyl (C=O) groups is 1. The Kier molecular flexibility index (Phi) is 8.77. The minimum atomic E-state index is -0.203. The minimum Gasteiger partial charge on any atom is -0.507 e. The molecule has 6 nitrogen and oxygen atoms in total. The molecule has 1 amide bonds. The van der Waals surface area contributed by atoms with Crippen LogP contribution in [0.3, 0.4) is 0 Å². The Morgan fingerprint density at radius 2 is 1.75 bits per heavy atom. The summed E-state index contributed by atoms with van der Waals surface area (Å²) in [5.74, 6) is 2.75. The van der Waals surface area contributed by atoms with Gasteiger partial charge in [0.1, 0.15) is 23.3 Å². The van der Waals surface area contributed by atoms with Crippen LogP contribution >= 0.6 is 11.8 Å². The third-order valence-electron chi connectivity index (χ3n) is 7.73. The zero-order chi connectivity index (χ0) is 29.5. The van der Waals surface area contributed by atoms with Crippen molar-refractivity contribution in [3.05, 3.63) is 52.6 Å². The summed E-state index contributed by atoms with van der Waals surface area (Å²) < 4.78 is 12.2. The Hall–Kier alpha value is -2.38. The highest BCUT2D eigenvalue weighted by Crippen LogP contribution is 2.46. The van der Waals surface area contributed by atoms with Crippen molar-refractivity contribution >= 4 is 17.7 Å². The molecule has 0 bridgehead atoms. The lowest BCUT2D eigenvalue weighted by Gasteiger charge is -2.31. The molecular weight excluding hydrogens is 520 g/mol. The number of rotatable bonds is 9. The van der Waals surface area contributed by atoms with Crippen molar-refractivity contribution in [3.8, 4) is 17.2 Å². The number of phenols is 1. The van der Waals surface area contributed by atoms with E-state index in [0.29, 0.717) is 24.7 Å². The van der Waals surface area contributed by atoms with Gasteiger partial charge in [-0.05, 0) is 79.6 Å². The van der Waals surface area contributed by atoms with Crippen LogP contribution < -0.4 is 9.47 Å². The smallest absolute Gasteiger partial charge is 0.233 e. The van der Waals surface area contributed by atoms with Crippen LogP contribution in [0, 0.1) is 0 Å². The normalized spacial score (nSPS) is 18.8. The van der Waals surface area contributed by atoms with Gasteiger partial charge in [0.05, 0.1) is 5.75 Å². The van der Waals surface area contributed by atoms with Crippen LogP contribution in [0.25, 0.3) is 0 Å². The molecule has 0 aromatic heterocycles. The lowest BCUT2D eigenvalue weighted by atomic mass is 9.78. The van der Waals surface area contributed by atoms with E-state index < -0.39 is 0 Å². The van der Waals surface area contributed by atoms with Gasteiger partial charge in [-0.25, -0.2) is 0 Å². The van der Waals surface area contributed by atoms with Crippen molar-refractivity contribution < 1.29 is 19.4 Å². The van der Waals surface area contributed by atoms with Crippen molar-refractivity contribution in [1.82, 2.24) is 9.80 Å². The molecule has 2 aliphatic rings. The Bertz CT molecular complexity index is 1190. The molecule has 2 aromatic rings. The van der Waals surface area contributed by atoms with Gasteiger partial charge >= 0.3 is 0 Å².